The van der Waals surface area contributed by atoms with Crippen molar-refractivity contribution in [2.24, 2.45) is 10.7 Å². The van der Waals surface area contributed by atoms with Crippen molar-refractivity contribution in [3.05, 3.63) is 0 Å². The van der Waals surface area contributed by atoms with E-state index < -0.39 is 18.0 Å². The number of amides is 1. The number of Topliss-reactive ketones (excluding diaryl/α,β-unsaturated/α-hetero) is 1. The second-order valence-electron chi connectivity index (χ2n) is 2.36. The number of carbonyl (C=O) groups excluding carboxylic acids is 2. The first-order valence-electron chi connectivity index (χ1n) is 3.42. The summed E-state index contributed by atoms with van der Waals surface area (Å²) in [6, 6.07) is 0. The lowest BCUT2D eigenvalue weighted by Crippen LogP contribution is -2.37. The molecule has 0 unspecified atom stereocenters. The van der Waals surface area contributed by atoms with Crippen LogP contribution in [-0.2, 0) is 9.59 Å². The Balaban J connectivity index is 4.24. The highest BCUT2D eigenvalue weighted by atomic mass is 19.4. The van der Waals surface area contributed by atoms with Gasteiger partial charge in [-0.25, -0.2) is 0 Å². The van der Waals surface area contributed by atoms with Gasteiger partial charge in [0.2, 0.25) is 0 Å². The summed E-state index contributed by atoms with van der Waals surface area (Å²) in [6.07, 6.45) is -5.05. The van der Waals surface area contributed by atoms with Crippen molar-refractivity contribution in [3.8, 4) is 0 Å². The Morgan fingerprint density at radius 2 is 1.93 bits per heavy atom. The molecule has 0 aromatic rings. The van der Waals surface area contributed by atoms with E-state index >= 15 is 0 Å². The standard InChI is InChI=1S/C6H8F3N3O2/c1-3(13)2-11-5(10)12-4(14)6(7,8)9/h2H2,1H3,(H3,10,11,12,14). The number of rotatable bonds is 2. The molecule has 8 heteroatoms. The van der Waals surface area contributed by atoms with Crippen molar-refractivity contribution in [1.82, 2.24) is 5.32 Å². The van der Waals surface area contributed by atoms with Gasteiger partial charge in [0, 0.05) is 0 Å². The van der Waals surface area contributed by atoms with Gasteiger partial charge in [-0.05, 0) is 6.92 Å². The molecule has 0 radical (unpaired) electrons. The second-order valence-corrected chi connectivity index (χ2v) is 2.36. The van der Waals surface area contributed by atoms with Crippen LogP contribution in [0, 0.1) is 0 Å². The van der Waals surface area contributed by atoms with Gasteiger partial charge in [0.05, 0.1) is 6.54 Å². The number of aliphatic imine (C=N–C) groups is 1. The van der Waals surface area contributed by atoms with Crippen LogP contribution >= 0.6 is 0 Å². The molecule has 80 valence electrons. The summed E-state index contributed by atoms with van der Waals surface area (Å²) < 4.78 is 34.8. The van der Waals surface area contributed by atoms with Gasteiger partial charge in [0.25, 0.3) is 0 Å². The molecular formula is C6H8F3N3O2. The van der Waals surface area contributed by atoms with Crippen molar-refractivity contribution < 1.29 is 22.8 Å². The van der Waals surface area contributed by atoms with E-state index in [9.17, 15) is 22.8 Å². The van der Waals surface area contributed by atoms with Crippen LogP contribution < -0.4 is 11.1 Å². The lowest BCUT2D eigenvalue weighted by atomic mass is 10.4. The van der Waals surface area contributed by atoms with Crippen LogP contribution in [0.3, 0.4) is 0 Å². The molecule has 0 atom stereocenters. The average Bonchev–Trinajstić information content (AvgIpc) is 1.99. The lowest BCUT2D eigenvalue weighted by molar-refractivity contribution is -0.169. The highest BCUT2D eigenvalue weighted by Crippen LogP contribution is 2.15. The number of carbonyl (C=O) groups is 2. The van der Waals surface area contributed by atoms with E-state index in [1.807, 2.05) is 5.32 Å². The molecule has 0 heterocycles. The SMILES string of the molecule is CC(=O)CNC(N)=NC(=O)C(F)(F)F. The van der Waals surface area contributed by atoms with E-state index in [1.165, 1.54) is 6.92 Å². The Morgan fingerprint density at radius 3 is 2.29 bits per heavy atom. The number of nitrogens with two attached hydrogens (primary N) is 1. The molecule has 0 aromatic heterocycles. The fourth-order valence-electron chi connectivity index (χ4n) is 0.427. The van der Waals surface area contributed by atoms with Crippen LogP contribution in [0.4, 0.5) is 13.2 Å². The number of alkyl halides is 3. The first-order chi connectivity index (χ1) is 6.23. The highest BCUT2D eigenvalue weighted by Gasteiger charge is 2.38. The predicted octanol–water partition coefficient (Wildman–Crippen LogP) is -0.431. The fourth-order valence-corrected chi connectivity index (χ4v) is 0.427. The van der Waals surface area contributed by atoms with Gasteiger partial charge in [-0.1, -0.05) is 0 Å². The molecular weight excluding hydrogens is 203 g/mol. The molecule has 14 heavy (non-hydrogen) atoms. The third kappa shape index (κ3) is 5.12. The van der Waals surface area contributed by atoms with Gasteiger partial charge in [0.1, 0.15) is 5.78 Å². The molecule has 0 rings (SSSR count). The Kier molecular flexibility index (Phi) is 4.06. The maximum absolute atomic E-state index is 11.6. The third-order valence-corrected chi connectivity index (χ3v) is 0.983. The zero-order chi connectivity index (χ0) is 11.4. The van der Waals surface area contributed by atoms with Crippen LogP contribution in [0.25, 0.3) is 0 Å². The van der Waals surface area contributed by atoms with E-state index in [2.05, 4.69) is 4.99 Å². The molecule has 0 saturated heterocycles. The van der Waals surface area contributed by atoms with E-state index in [4.69, 9.17) is 5.73 Å². The van der Waals surface area contributed by atoms with Crippen molar-refractivity contribution in [1.29, 1.82) is 0 Å². The smallest absolute Gasteiger partial charge is 0.370 e. The Hall–Kier alpha value is -1.60. The fraction of sp³-hybridized carbons (Fsp3) is 0.500. The van der Waals surface area contributed by atoms with Crippen LogP contribution in [-0.4, -0.2) is 30.4 Å². The van der Waals surface area contributed by atoms with Gasteiger partial charge in [0.15, 0.2) is 5.96 Å². The summed E-state index contributed by atoms with van der Waals surface area (Å²) in [7, 11) is 0. The zero-order valence-corrected chi connectivity index (χ0v) is 7.18. The topological polar surface area (TPSA) is 84.6 Å². The summed E-state index contributed by atoms with van der Waals surface area (Å²) >= 11 is 0. The summed E-state index contributed by atoms with van der Waals surface area (Å²) in [5, 5.41) is 2.04. The van der Waals surface area contributed by atoms with Crippen LogP contribution in [0.1, 0.15) is 6.92 Å². The maximum atomic E-state index is 11.6. The molecule has 0 aliphatic heterocycles. The molecule has 1 amide bonds. The van der Waals surface area contributed by atoms with Crippen LogP contribution in [0.15, 0.2) is 4.99 Å². The van der Waals surface area contributed by atoms with E-state index in [0.717, 1.165) is 0 Å². The minimum Gasteiger partial charge on any atom is -0.370 e. The van der Waals surface area contributed by atoms with Crippen molar-refractivity contribution >= 4 is 17.6 Å². The van der Waals surface area contributed by atoms with Gasteiger partial charge >= 0.3 is 12.1 Å². The van der Waals surface area contributed by atoms with E-state index in [1.54, 1.807) is 0 Å². The first-order valence-corrected chi connectivity index (χ1v) is 3.42. The zero-order valence-electron chi connectivity index (χ0n) is 7.18. The minimum atomic E-state index is -5.05. The largest absolute Gasteiger partial charge is 0.473 e. The van der Waals surface area contributed by atoms with Crippen molar-refractivity contribution in [3.63, 3.8) is 0 Å². The predicted molar refractivity (Wildman–Crippen MR) is 41.4 cm³/mol. The molecule has 3 N–H and O–H groups in total. The van der Waals surface area contributed by atoms with Gasteiger partial charge < -0.3 is 11.1 Å². The highest BCUT2D eigenvalue weighted by molar-refractivity contribution is 5.96. The summed E-state index contributed by atoms with van der Waals surface area (Å²) in [5.74, 6) is -3.39. The van der Waals surface area contributed by atoms with E-state index in [-0.39, 0.29) is 12.3 Å². The number of halogens is 3. The Labute approximate surface area is 77.2 Å². The van der Waals surface area contributed by atoms with Crippen molar-refractivity contribution in [2.75, 3.05) is 6.54 Å². The third-order valence-electron chi connectivity index (χ3n) is 0.983. The Morgan fingerprint density at radius 1 is 1.43 bits per heavy atom. The normalized spacial score (nSPS) is 12.4. The van der Waals surface area contributed by atoms with Crippen molar-refractivity contribution in [2.45, 2.75) is 13.1 Å². The molecule has 0 saturated carbocycles. The molecule has 0 aliphatic rings. The molecule has 0 spiro atoms. The second kappa shape index (κ2) is 4.58. The molecule has 5 nitrogen and oxygen atoms in total. The van der Waals surface area contributed by atoms with Gasteiger partial charge in [-0.15, -0.1) is 0 Å². The van der Waals surface area contributed by atoms with Gasteiger partial charge in [-0.3, -0.25) is 9.59 Å². The van der Waals surface area contributed by atoms with Gasteiger partial charge in [-0.2, -0.15) is 18.2 Å². The number of hydrogen-bond acceptors (Lipinski definition) is 2. The lowest BCUT2D eigenvalue weighted by Gasteiger charge is -2.03. The summed E-state index contributed by atoms with van der Waals surface area (Å²) in [4.78, 5) is 23.0. The van der Waals surface area contributed by atoms with E-state index in [0.29, 0.717) is 0 Å². The quantitative estimate of drug-likeness (QED) is 0.479. The number of ketones is 1. The summed E-state index contributed by atoms with van der Waals surface area (Å²) in [5.41, 5.74) is 4.89. The Bertz CT molecular complexity index is 272. The maximum Gasteiger partial charge on any atom is 0.473 e. The molecule has 0 aliphatic carbocycles. The molecule has 0 aromatic carbocycles. The average molecular weight is 211 g/mol. The summed E-state index contributed by atoms with van der Waals surface area (Å²) in [6.45, 7) is 0.923. The van der Waals surface area contributed by atoms with Crippen LogP contribution in [0.2, 0.25) is 0 Å². The monoisotopic (exact) mass is 211 g/mol. The number of nitrogens with one attached hydrogen (secondary N) is 1. The number of guanidine groups is 1. The number of hydrogen-bond donors (Lipinski definition) is 2. The number of nitrogens with zero attached hydrogens (tertiary/aromatic N) is 1. The molecule has 0 fully saturated rings. The molecule has 0 bridgehead atoms. The van der Waals surface area contributed by atoms with Crippen LogP contribution in [0.5, 0.6) is 0 Å². The first kappa shape index (κ1) is 12.4. The minimum absolute atomic E-state index is 0.277.